The van der Waals surface area contributed by atoms with Crippen molar-refractivity contribution in [2.45, 2.75) is 6.04 Å². The molecular formula is C20H18Cl2N4O3. The van der Waals surface area contributed by atoms with E-state index in [9.17, 15) is 10.0 Å². The molecule has 0 atom stereocenters. The molecule has 7 nitrogen and oxygen atoms in total. The molecular weight excluding hydrogens is 415 g/mol. The molecule has 1 fully saturated rings. The van der Waals surface area contributed by atoms with Crippen molar-refractivity contribution < 1.29 is 10.0 Å². The zero-order valence-corrected chi connectivity index (χ0v) is 16.8. The number of oxime groups is 1. The Bertz CT molecular complexity index is 899. The fourth-order valence-corrected chi connectivity index (χ4v) is 3.65. The first-order valence-corrected chi connectivity index (χ1v) is 9.63. The van der Waals surface area contributed by atoms with Gasteiger partial charge in [0, 0.05) is 41.2 Å². The Morgan fingerprint density at radius 3 is 1.90 bits per heavy atom. The van der Waals surface area contributed by atoms with Crippen molar-refractivity contribution in [3.05, 3.63) is 79.9 Å². The number of amides is 1. The third-order valence-electron chi connectivity index (χ3n) is 4.79. The van der Waals surface area contributed by atoms with Crippen LogP contribution in [0.3, 0.4) is 0 Å². The molecule has 0 aromatic heterocycles. The standard InChI is InChI=1S/C20H18Cl2N4O3/c21-16-5-1-14(2-6-16)19(15-3-7-17(22)8-4-15)25-9-11-26(12-10-25)20(27)18(24-29)13-23-28/h1-8,19,29H,9-12H2/b24-18+. The van der Waals surface area contributed by atoms with Gasteiger partial charge in [0.1, 0.15) is 0 Å². The molecule has 2 aromatic carbocycles. The molecule has 0 unspecified atom stereocenters. The van der Waals surface area contributed by atoms with E-state index < -0.39 is 11.6 Å². The summed E-state index contributed by atoms with van der Waals surface area (Å²) in [6.07, 6.45) is 0. The average molecular weight is 433 g/mol. The number of hydrogen-bond acceptors (Lipinski definition) is 5. The highest BCUT2D eigenvalue weighted by Gasteiger charge is 2.31. The van der Waals surface area contributed by atoms with E-state index in [1.54, 1.807) is 0 Å². The molecule has 1 N–H and O–H groups in total. The lowest BCUT2D eigenvalue weighted by Crippen LogP contribution is -2.51. The smallest absolute Gasteiger partial charge is 0.366 e. The minimum absolute atomic E-state index is 0.0393. The Balaban J connectivity index is 1.81. The molecule has 0 aliphatic carbocycles. The van der Waals surface area contributed by atoms with E-state index in [4.69, 9.17) is 28.4 Å². The van der Waals surface area contributed by atoms with Gasteiger partial charge in [-0.1, -0.05) is 52.6 Å². The van der Waals surface area contributed by atoms with Gasteiger partial charge in [0.25, 0.3) is 11.6 Å². The molecule has 0 radical (unpaired) electrons. The molecule has 1 aliphatic heterocycles. The van der Waals surface area contributed by atoms with E-state index in [1.807, 2.05) is 54.6 Å². The van der Waals surface area contributed by atoms with E-state index in [2.05, 4.69) is 15.1 Å². The molecule has 1 saturated heterocycles. The molecule has 0 bridgehead atoms. The number of halogens is 2. The van der Waals surface area contributed by atoms with Crippen LogP contribution in [0, 0.1) is 11.3 Å². The molecule has 29 heavy (non-hydrogen) atoms. The summed E-state index contributed by atoms with van der Waals surface area (Å²) in [4.78, 5) is 16.1. The third-order valence-corrected chi connectivity index (χ3v) is 5.30. The van der Waals surface area contributed by atoms with Crippen LogP contribution < -0.4 is 0 Å². The summed E-state index contributed by atoms with van der Waals surface area (Å²) in [5.74, 6) is -0.582. The van der Waals surface area contributed by atoms with Crippen molar-refractivity contribution in [2.75, 3.05) is 26.2 Å². The maximum absolute atomic E-state index is 12.3. The minimum Gasteiger partial charge on any atom is -0.498 e. The molecule has 1 amide bonds. The summed E-state index contributed by atoms with van der Waals surface area (Å²) in [5, 5.41) is 25.7. The van der Waals surface area contributed by atoms with E-state index in [-0.39, 0.29) is 6.04 Å². The van der Waals surface area contributed by atoms with Crippen LogP contribution in [0.15, 0.2) is 53.7 Å². The molecule has 1 heterocycles. The number of carbonyl (C=O) groups excluding carboxylic acids is 1. The molecule has 150 valence electrons. The Labute approximate surface area is 178 Å². The molecule has 0 saturated carbocycles. The fraction of sp³-hybridized carbons (Fsp3) is 0.250. The van der Waals surface area contributed by atoms with Crippen molar-refractivity contribution in [3.8, 4) is 6.07 Å². The fourth-order valence-electron chi connectivity index (χ4n) is 3.39. The largest absolute Gasteiger partial charge is 0.498 e. The zero-order chi connectivity index (χ0) is 20.8. The number of carbonyl (C=O) groups is 1. The van der Waals surface area contributed by atoms with Crippen LogP contribution in [0.5, 0.6) is 0 Å². The maximum atomic E-state index is 12.3. The number of piperazine rings is 1. The van der Waals surface area contributed by atoms with E-state index in [0.717, 1.165) is 11.1 Å². The average Bonchev–Trinajstić information content (AvgIpc) is 2.75. The lowest BCUT2D eigenvalue weighted by atomic mass is 9.96. The van der Waals surface area contributed by atoms with E-state index in [0.29, 0.717) is 36.2 Å². The van der Waals surface area contributed by atoms with Crippen LogP contribution in [0.2, 0.25) is 10.0 Å². The van der Waals surface area contributed by atoms with Crippen molar-refractivity contribution in [1.29, 1.82) is 0 Å². The number of nitrogens with zero attached hydrogens (tertiary/aromatic N) is 4. The lowest BCUT2D eigenvalue weighted by Gasteiger charge is -2.39. The monoisotopic (exact) mass is 432 g/mol. The molecule has 2 aromatic rings. The van der Waals surface area contributed by atoms with Gasteiger partial charge < -0.3 is 15.3 Å². The zero-order valence-electron chi connectivity index (χ0n) is 15.3. The van der Waals surface area contributed by atoms with Gasteiger partial charge in [-0.15, -0.1) is 0 Å². The van der Waals surface area contributed by atoms with Crippen LogP contribution in [-0.4, -0.2) is 52.8 Å². The second-order valence-electron chi connectivity index (χ2n) is 6.49. The van der Waals surface area contributed by atoms with Gasteiger partial charge in [-0.05, 0) is 35.4 Å². The minimum atomic E-state index is -0.582. The second kappa shape index (κ2) is 9.61. The van der Waals surface area contributed by atoms with Crippen molar-refractivity contribution >= 4 is 34.8 Å². The van der Waals surface area contributed by atoms with Gasteiger partial charge >= 0.3 is 6.07 Å². The first-order chi connectivity index (χ1) is 14.0. The van der Waals surface area contributed by atoms with Gasteiger partial charge in [-0.2, -0.15) is 0 Å². The second-order valence-corrected chi connectivity index (χ2v) is 7.36. The van der Waals surface area contributed by atoms with Crippen LogP contribution in [-0.2, 0) is 4.79 Å². The number of hydrogen-bond donors (Lipinski definition) is 1. The van der Waals surface area contributed by atoms with Gasteiger partial charge in [0.2, 0.25) is 0 Å². The van der Waals surface area contributed by atoms with Crippen molar-refractivity contribution in [2.24, 2.45) is 5.16 Å². The van der Waals surface area contributed by atoms with Crippen LogP contribution in [0.25, 0.3) is 5.01 Å². The summed E-state index contributed by atoms with van der Waals surface area (Å²) < 4.78 is 0. The summed E-state index contributed by atoms with van der Waals surface area (Å²) in [6.45, 7) is 1.95. The highest BCUT2D eigenvalue weighted by molar-refractivity contribution is 6.45. The molecule has 9 heteroatoms. The SMILES string of the molecule is O=C(/C(C#[N+][O-])=N/O)N1CCN(C(c2ccc(Cl)cc2)c2ccc(Cl)cc2)CC1. The molecule has 0 spiro atoms. The van der Waals surface area contributed by atoms with Crippen LogP contribution >= 0.6 is 23.2 Å². The quantitative estimate of drug-likeness (QED) is 0.451. The van der Waals surface area contributed by atoms with Crippen molar-refractivity contribution in [3.63, 3.8) is 0 Å². The summed E-state index contributed by atoms with van der Waals surface area (Å²) in [7, 11) is 0. The van der Waals surface area contributed by atoms with Gasteiger partial charge in [0.05, 0.1) is 6.04 Å². The van der Waals surface area contributed by atoms with Gasteiger partial charge in [-0.3, -0.25) is 9.69 Å². The Kier molecular flexibility index (Phi) is 6.94. The van der Waals surface area contributed by atoms with Crippen LogP contribution in [0.4, 0.5) is 0 Å². The Morgan fingerprint density at radius 1 is 1.00 bits per heavy atom. The first-order valence-electron chi connectivity index (χ1n) is 8.88. The number of rotatable bonds is 4. The lowest BCUT2D eigenvalue weighted by molar-refractivity contribution is -0.126. The van der Waals surface area contributed by atoms with Gasteiger partial charge in [-0.25, -0.2) is 0 Å². The molecule has 3 rings (SSSR count). The summed E-state index contributed by atoms with van der Waals surface area (Å²) >= 11 is 12.1. The highest BCUT2D eigenvalue weighted by atomic mass is 35.5. The van der Waals surface area contributed by atoms with Crippen LogP contribution in [0.1, 0.15) is 17.2 Å². The Hall–Kier alpha value is -2.79. The summed E-state index contributed by atoms with van der Waals surface area (Å²) in [6, 6.07) is 17.1. The summed E-state index contributed by atoms with van der Waals surface area (Å²) in [5.41, 5.74) is 1.64. The maximum Gasteiger partial charge on any atom is 0.366 e. The Morgan fingerprint density at radius 2 is 1.48 bits per heavy atom. The predicted molar refractivity (Wildman–Crippen MR) is 113 cm³/mol. The van der Waals surface area contributed by atoms with E-state index in [1.165, 1.54) is 4.90 Å². The number of benzene rings is 2. The predicted octanol–water partition coefficient (Wildman–Crippen LogP) is 3.89. The topological polar surface area (TPSA) is 83.6 Å². The third kappa shape index (κ3) is 4.98. The normalized spacial score (nSPS) is 15.1. The molecule has 1 aliphatic rings. The van der Waals surface area contributed by atoms with E-state index >= 15 is 0 Å². The first kappa shape index (κ1) is 20.9. The highest BCUT2D eigenvalue weighted by Crippen LogP contribution is 2.31. The van der Waals surface area contributed by atoms with Crippen molar-refractivity contribution in [1.82, 2.24) is 9.80 Å². The van der Waals surface area contributed by atoms with Gasteiger partial charge in [0.15, 0.2) is 0 Å².